The summed E-state index contributed by atoms with van der Waals surface area (Å²) in [6.07, 6.45) is 1.08. The van der Waals surface area contributed by atoms with Gasteiger partial charge < -0.3 is 18.9 Å². The second-order valence-electron chi connectivity index (χ2n) is 6.56. The molecule has 0 amide bonds. The Morgan fingerprint density at radius 2 is 2.10 bits per heavy atom. The SMILES string of the molecule is C=C1C(=O)O[C@@H]2C[C@@]3(C)O[C@@H]3[C@@H]3O[C@@H]3C3=C[C@@H](OC3=O)[C@H]12. The van der Waals surface area contributed by atoms with Gasteiger partial charge >= 0.3 is 11.9 Å². The number of epoxide rings is 2. The molecule has 0 aromatic heterocycles. The molecule has 6 nitrogen and oxygen atoms in total. The van der Waals surface area contributed by atoms with Crippen molar-refractivity contribution in [1.82, 2.24) is 0 Å². The standard InChI is InChI=1S/C15H14O6/c1-5-9-7-3-6(14(17)18-7)10-11(20-10)12-15(2,21-12)4-8(9)19-13(5)16/h3,7-12H,1,4H2,2H3/t7-,8-,9+,10-,11-,12-,15-/m1/s1. The quantitative estimate of drug-likeness (QED) is 0.362. The Balaban J connectivity index is 1.59. The Labute approximate surface area is 120 Å². The maximum atomic E-state index is 12.0. The van der Waals surface area contributed by atoms with E-state index in [4.69, 9.17) is 18.9 Å². The molecule has 110 valence electrons. The van der Waals surface area contributed by atoms with Gasteiger partial charge in [-0.1, -0.05) is 6.58 Å². The highest BCUT2D eigenvalue weighted by Crippen LogP contribution is 2.54. The molecule has 3 fully saturated rings. The molecule has 4 aliphatic heterocycles. The van der Waals surface area contributed by atoms with Crippen molar-refractivity contribution >= 4 is 11.9 Å². The Kier molecular flexibility index (Phi) is 1.93. The molecule has 1 aliphatic carbocycles. The fourth-order valence-corrected chi connectivity index (χ4v) is 3.92. The topological polar surface area (TPSA) is 77.7 Å². The zero-order chi connectivity index (χ0) is 14.5. The fourth-order valence-electron chi connectivity index (χ4n) is 3.92. The minimum Gasteiger partial charge on any atom is -0.458 e. The van der Waals surface area contributed by atoms with Crippen LogP contribution in [0.2, 0.25) is 0 Å². The molecule has 0 aromatic carbocycles. The summed E-state index contributed by atoms with van der Waals surface area (Å²) in [6.45, 7) is 5.80. The molecule has 5 rings (SSSR count). The molecular weight excluding hydrogens is 276 g/mol. The van der Waals surface area contributed by atoms with E-state index < -0.39 is 12.1 Å². The van der Waals surface area contributed by atoms with Crippen LogP contribution in [0.25, 0.3) is 0 Å². The summed E-state index contributed by atoms with van der Waals surface area (Å²) in [5.41, 5.74) is 0.536. The number of ether oxygens (including phenoxy) is 4. The molecule has 6 heteroatoms. The molecule has 0 radical (unpaired) electrons. The number of carbonyl (C=O) groups is 2. The molecule has 2 bridgehead atoms. The van der Waals surface area contributed by atoms with Crippen molar-refractivity contribution in [1.29, 1.82) is 0 Å². The molecule has 21 heavy (non-hydrogen) atoms. The lowest BCUT2D eigenvalue weighted by molar-refractivity contribution is -0.143. The first-order valence-electron chi connectivity index (χ1n) is 7.14. The van der Waals surface area contributed by atoms with Gasteiger partial charge in [0.1, 0.15) is 30.5 Å². The largest absolute Gasteiger partial charge is 0.458 e. The normalized spacial score (nSPS) is 53.0. The molecule has 0 unspecified atom stereocenters. The van der Waals surface area contributed by atoms with Crippen LogP contribution in [0.5, 0.6) is 0 Å². The van der Waals surface area contributed by atoms with E-state index in [-0.39, 0.29) is 41.9 Å². The van der Waals surface area contributed by atoms with Gasteiger partial charge in [0, 0.05) is 12.0 Å². The van der Waals surface area contributed by atoms with Crippen LogP contribution in [0.15, 0.2) is 23.8 Å². The Bertz CT molecular complexity index is 636. The molecule has 0 aromatic rings. The van der Waals surface area contributed by atoms with E-state index in [1.807, 2.05) is 6.92 Å². The monoisotopic (exact) mass is 290 g/mol. The zero-order valence-corrected chi connectivity index (χ0v) is 11.4. The van der Waals surface area contributed by atoms with E-state index >= 15 is 0 Å². The van der Waals surface area contributed by atoms with Crippen LogP contribution in [0.1, 0.15) is 13.3 Å². The Hall–Kier alpha value is -1.66. The first-order valence-corrected chi connectivity index (χ1v) is 7.14. The lowest BCUT2D eigenvalue weighted by Gasteiger charge is -2.23. The molecule has 0 spiro atoms. The van der Waals surface area contributed by atoms with Crippen molar-refractivity contribution in [3.63, 3.8) is 0 Å². The summed E-state index contributed by atoms with van der Waals surface area (Å²) in [5.74, 6) is -1.12. The van der Waals surface area contributed by atoms with Gasteiger partial charge in [-0.2, -0.15) is 0 Å². The smallest absolute Gasteiger partial charge is 0.337 e. The van der Waals surface area contributed by atoms with Gasteiger partial charge in [-0.05, 0) is 13.0 Å². The molecular formula is C15H14O6. The minimum atomic E-state index is -0.500. The summed E-state index contributed by atoms with van der Waals surface area (Å²) < 4.78 is 22.3. The molecule has 7 atom stereocenters. The Morgan fingerprint density at radius 1 is 1.29 bits per heavy atom. The van der Waals surface area contributed by atoms with Crippen LogP contribution in [0.3, 0.4) is 0 Å². The first kappa shape index (κ1) is 11.9. The average Bonchev–Trinajstić information content (AvgIpc) is 3.25. The van der Waals surface area contributed by atoms with Crippen LogP contribution in [-0.2, 0) is 28.5 Å². The number of hydrogen-bond acceptors (Lipinski definition) is 6. The lowest BCUT2D eigenvalue weighted by Crippen LogP contribution is -2.33. The van der Waals surface area contributed by atoms with Crippen LogP contribution in [0, 0.1) is 5.92 Å². The summed E-state index contributed by atoms with van der Waals surface area (Å²) in [4.78, 5) is 23.9. The maximum absolute atomic E-state index is 12.0. The van der Waals surface area contributed by atoms with Crippen molar-refractivity contribution in [3.8, 4) is 0 Å². The van der Waals surface area contributed by atoms with Crippen molar-refractivity contribution in [2.75, 3.05) is 0 Å². The molecule has 5 aliphatic rings. The van der Waals surface area contributed by atoms with Gasteiger partial charge in [-0.25, -0.2) is 9.59 Å². The molecule has 0 saturated carbocycles. The van der Waals surface area contributed by atoms with Gasteiger partial charge in [-0.15, -0.1) is 0 Å². The van der Waals surface area contributed by atoms with E-state index in [1.165, 1.54) is 0 Å². The highest BCUT2D eigenvalue weighted by molar-refractivity contribution is 5.94. The van der Waals surface area contributed by atoms with Crippen molar-refractivity contribution in [2.45, 2.75) is 49.5 Å². The molecule has 3 saturated heterocycles. The van der Waals surface area contributed by atoms with E-state index in [2.05, 4.69) is 6.58 Å². The predicted octanol–water partition coefficient (Wildman–Crippen LogP) is 0.265. The van der Waals surface area contributed by atoms with Crippen molar-refractivity contribution in [3.05, 3.63) is 23.8 Å². The third-order valence-electron chi connectivity index (χ3n) is 5.18. The third kappa shape index (κ3) is 1.44. The van der Waals surface area contributed by atoms with Gasteiger partial charge in [0.05, 0.1) is 17.1 Å². The van der Waals surface area contributed by atoms with Crippen LogP contribution in [-0.4, -0.2) is 48.1 Å². The van der Waals surface area contributed by atoms with E-state index in [0.29, 0.717) is 17.6 Å². The predicted molar refractivity (Wildman–Crippen MR) is 67.0 cm³/mol. The summed E-state index contributed by atoms with van der Waals surface area (Å²) in [7, 11) is 0. The van der Waals surface area contributed by atoms with Gasteiger partial charge in [0.25, 0.3) is 0 Å². The first-order chi connectivity index (χ1) is 9.98. The molecule has 0 N–H and O–H groups in total. The number of rotatable bonds is 0. The highest BCUT2D eigenvalue weighted by atomic mass is 16.7. The minimum absolute atomic E-state index is 0.0541. The second kappa shape index (κ2) is 3.39. The maximum Gasteiger partial charge on any atom is 0.337 e. The number of esters is 2. The Morgan fingerprint density at radius 3 is 2.90 bits per heavy atom. The summed E-state index contributed by atoms with van der Waals surface area (Å²) in [5, 5.41) is 0. The lowest BCUT2D eigenvalue weighted by atomic mass is 9.83. The van der Waals surface area contributed by atoms with Crippen LogP contribution < -0.4 is 0 Å². The van der Waals surface area contributed by atoms with Crippen LogP contribution in [0.4, 0.5) is 0 Å². The van der Waals surface area contributed by atoms with E-state index in [0.717, 1.165) is 0 Å². The number of carbonyl (C=O) groups excluding carboxylic acids is 2. The van der Waals surface area contributed by atoms with Crippen molar-refractivity contribution in [2.24, 2.45) is 5.92 Å². The summed E-state index contributed by atoms with van der Waals surface area (Å²) >= 11 is 0. The zero-order valence-electron chi connectivity index (χ0n) is 11.4. The second-order valence-corrected chi connectivity index (χ2v) is 6.56. The number of fused-ring (bicyclic) bond motifs is 7. The molecule has 4 heterocycles. The van der Waals surface area contributed by atoms with E-state index in [1.54, 1.807) is 6.08 Å². The summed E-state index contributed by atoms with van der Waals surface area (Å²) in [6, 6.07) is 0. The van der Waals surface area contributed by atoms with Crippen molar-refractivity contribution < 1.29 is 28.5 Å². The third-order valence-corrected chi connectivity index (χ3v) is 5.18. The highest BCUT2D eigenvalue weighted by Gasteiger charge is 2.68. The number of hydrogen-bond donors (Lipinski definition) is 0. The van der Waals surface area contributed by atoms with E-state index in [9.17, 15) is 9.59 Å². The van der Waals surface area contributed by atoms with Crippen LogP contribution >= 0.6 is 0 Å². The van der Waals surface area contributed by atoms with Gasteiger partial charge in [-0.3, -0.25) is 0 Å². The van der Waals surface area contributed by atoms with Gasteiger partial charge in [0.2, 0.25) is 0 Å². The van der Waals surface area contributed by atoms with Gasteiger partial charge in [0.15, 0.2) is 0 Å². The average molecular weight is 290 g/mol. The fraction of sp³-hybridized carbons (Fsp3) is 0.600.